The van der Waals surface area contributed by atoms with E-state index >= 15 is 0 Å². The van der Waals surface area contributed by atoms with E-state index in [2.05, 4.69) is 32.0 Å². The summed E-state index contributed by atoms with van der Waals surface area (Å²) < 4.78 is 29.0. The molecule has 8 nitrogen and oxygen atoms in total. The molecule has 1 atom stereocenters. The van der Waals surface area contributed by atoms with E-state index in [1.807, 2.05) is 33.0 Å². The Hall–Kier alpha value is -2.04. The summed E-state index contributed by atoms with van der Waals surface area (Å²) in [5.74, 6) is 0.875. The number of halogens is 2. The predicted molar refractivity (Wildman–Crippen MR) is 133 cm³/mol. The summed E-state index contributed by atoms with van der Waals surface area (Å²) in [5.41, 5.74) is 6.07. The largest absolute Gasteiger partial charge is 0.354 e. The minimum atomic E-state index is -3.99. The maximum Gasteiger partial charge on any atom is 0.264 e. The molecule has 0 bridgehead atoms. The van der Waals surface area contributed by atoms with Crippen molar-refractivity contribution >= 4 is 39.0 Å². The van der Waals surface area contributed by atoms with Crippen LogP contribution in [0.4, 0.5) is 5.82 Å². The van der Waals surface area contributed by atoms with Crippen LogP contribution in [0.2, 0.25) is 10.0 Å². The van der Waals surface area contributed by atoms with Crippen molar-refractivity contribution in [1.82, 2.24) is 25.0 Å². The molecule has 0 amide bonds. The molecule has 0 aliphatic carbocycles. The van der Waals surface area contributed by atoms with Gasteiger partial charge in [0.2, 0.25) is 0 Å². The predicted octanol–water partition coefficient (Wildman–Crippen LogP) is 3.16. The molecule has 2 aliphatic heterocycles. The van der Waals surface area contributed by atoms with Gasteiger partial charge in [-0.2, -0.15) is 0 Å². The van der Waals surface area contributed by atoms with Gasteiger partial charge < -0.3 is 14.8 Å². The molecular weight excluding hydrogens is 483 g/mol. The van der Waals surface area contributed by atoms with Crippen molar-refractivity contribution in [2.45, 2.75) is 24.8 Å². The zero-order valence-electron chi connectivity index (χ0n) is 19.1. The number of sulfonamides is 1. The molecule has 0 saturated carbocycles. The second kappa shape index (κ2) is 9.31. The van der Waals surface area contributed by atoms with E-state index in [4.69, 9.17) is 23.2 Å². The summed E-state index contributed by atoms with van der Waals surface area (Å²) in [6, 6.07) is 6.93. The number of nitrogens with one attached hydrogen (secondary N) is 2. The van der Waals surface area contributed by atoms with Crippen molar-refractivity contribution in [3.63, 3.8) is 0 Å². The number of anilines is 1. The lowest BCUT2D eigenvalue weighted by Gasteiger charge is -2.33. The molecule has 1 fully saturated rings. The number of pyridine rings is 1. The average Bonchev–Trinajstić information content (AvgIpc) is 2.99. The third-order valence-corrected chi connectivity index (χ3v) is 8.42. The minimum absolute atomic E-state index is 0.0631. The van der Waals surface area contributed by atoms with E-state index in [1.54, 1.807) is 23.3 Å². The van der Waals surface area contributed by atoms with Gasteiger partial charge in [-0.05, 0) is 56.3 Å². The summed E-state index contributed by atoms with van der Waals surface area (Å²) >= 11 is 13.0. The van der Waals surface area contributed by atoms with Gasteiger partial charge in [0, 0.05) is 45.1 Å². The summed E-state index contributed by atoms with van der Waals surface area (Å²) in [5, 5.41) is 1.90. The maximum absolute atomic E-state index is 13.2. The Balaban J connectivity index is 1.64. The third-order valence-electron chi connectivity index (χ3n) is 6.13. The average molecular weight is 511 g/mol. The van der Waals surface area contributed by atoms with Crippen LogP contribution in [0.3, 0.4) is 0 Å². The van der Waals surface area contributed by atoms with Crippen molar-refractivity contribution in [1.29, 1.82) is 0 Å². The van der Waals surface area contributed by atoms with E-state index < -0.39 is 10.0 Å². The third kappa shape index (κ3) is 4.93. The molecule has 1 unspecified atom stereocenters. The fourth-order valence-corrected chi connectivity index (χ4v) is 6.54. The van der Waals surface area contributed by atoms with Crippen LogP contribution in [0.5, 0.6) is 0 Å². The van der Waals surface area contributed by atoms with Gasteiger partial charge in [-0.3, -0.25) is 4.72 Å². The van der Waals surface area contributed by atoms with Crippen molar-refractivity contribution in [2.24, 2.45) is 0 Å². The number of aromatic nitrogens is 1. The fraction of sp³-hybridized carbons (Fsp3) is 0.409. The van der Waals surface area contributed by atoms with Crippen molar-refractivity contribution < 1.29 is 8.42 Å². The highest BCUT2D eigenvalue weighted by atomic mass is 35.5. The zero-order chi connectivity index (χ0) is 23.9. The van der Waals surface area contributed by atoms with Crippen LogP contribution in [-0.2, 0) is 10.0 Å². The maximum atomic E-state index is 13.2. The van der Waals surface area contributed by atoms with E-state index in [0.29, 0.717) is 5.70 Å². The van der Waals surface area contributed by atoms with Gasteiger partial charge in [0.1, 0.15) is 10.7 Å². The molecule has 178 valence electrons. The van der Waals surface area contributed by atoms with Gasteiger partial charge in [0.05, 0.1) is 21.8 Å². The molecule has 1 saturated heterocycles. The van der Waals surface area contributed by atoms with Crippen LogP contribution in [0.25, 0.3) is 11.1 Å². The minimum Gasteiger partial charge on any atom is -0.354 e. The Kier molecular flexibility index (Phi) is 6.80. The summed E-state index contributed by atoms with van der Waals surface area (Å²) in [6.07, 6.45) is 1.75. The summed E-state index contributed by atoms with van der Waals surface area (Å²) in [6.45, 7) is 7.46. The first kappa shape index (κ1) is 24.1. The number of benzene rings is 1. The Morgan fingerprint density at radius 2 is 1.70 bits per heavy atom. The number of hydrazine groups is 1. The van der Waals surface area contributed by atoms with Gasteiger partial charge in [0.25, 0.3) is 10.0 Å². The highest BCUT2D eigenvalue weighted by Crippen LogP contribution is 2.36. The summed E-state index contributed by atoms with van der Waals surface area (Å²) in [4.78, 5) is 8.90. The number of likely N-dealkylation sites (N-methyl/N-ethyl adjacent to an activating group) is 1. The summed E-state index contributed by atoms with van der Waals surface area (Å²) in [7, 11) is -0.0543. The SMILES string of the molecule is CC1=C(NS(=O)(=O)c2c(Cl)cc(-c3ccnc(N4CCN(C)CC4)c3)cc2Cl)C(C)NN1C. The number of nitrogens with zero attached hydrogens (tertiary/aromatic N) is 4. The number of hydrogen-bond donors (Lipinski definition) is 2. The van der Waals surface area contributed by atoms with Crippen LogP contribution in [0, 0.1) is 0 Å². The zero-order valence-corrected chi connectivity index (χ0v) is 21.4. The molecule has 3 heterocycles. The first-order chi connectivity index (χ1) is 15.6. The molecule has 2 aliphatic rings. The van der Waals surface area contributed by atoms with Gasteiger partial charge >= 0.3 is 0 Å². The second-order valence-electron chi connectivity index (χ2n) is 8.48. The molecule has 33 heavy (non-hydrogen) atoms. The number of rotatable bonds is 5. The first-order valence-electron chi connectivity index (χ1n) is 10.7. The fourth-order valence-electron chi connectivity index (χ4n) is 4.09. The molecular formula is C22H28Cl2N6O2S. The quantitative estimate of drug-likeness (QED) is 0.639. The van der Waals surface area contributed by atoms with Crippen LogP contribution < -0.4 is 15.0 Å². The highest BCUT2D eigenvalue weighted by molar-refractivity contribution is 7.89. The van der Waals surface area contributed by atoms with Crippen LogP contribution >= 0.6 is 23.2 Å². The second-order valence-corrected chi connectivity index (χ2v) is 10.9. The van der Waals surface area contributed by atoms with E-state index in [0.717, 1.165) is 48.8 Å². The van der Waals surface area contributed by atoms with E-state index in [9.17, 15) is 8.42 Å². The monoisotopic (exact) mass is 510 g/mol. The van der Waals surface area contributed by atoms with Gasteiger partial charge in [-0.25, -0.2) is 18.8 Å². The standard InChI is InChI=1S/C22H28Cl2N6O2S/c1-14-21(15(2)29(4)26-14)27-33(31,32)22-18(23)11-17(12-19(22)24)16-5-6-25-20(13-16)30-9-7-28(3)8-10-30/h5-6,11-14,26-27H,7-10H2,1-4H3. The van der Waals surface area contributed by atoms with Gasteiger partial charge in [-0.1, -0.05) is 23.2 Å². The lowest BCUT2D eigenvalue weighted by molar-refractivity contribution is 0.312. The number of allylic oxidation sites excluding steroid dienone is 1. The molecule has 1 aromatic carbocycles. The highest BCUT2D eigenvalue weighted by Gasteiger charge is 2.30. The molecule has 2 N–H and O–H groups in total. The van der Waals surface area contributed by atoms with Crippen LogP contribution in [0.1, 0.15) is 13.8 Å². The van der Waals surface area contributed by atoms with Crippen molar-refractivity contribution in [2.75, 3.05) is 45.2 Å². The number of hydrogen-bond acceptors (Lipinski definition) is 7. The van der Waals surface area contributed by atoms with E-state index in [-0.39, 0.29) is 21.0 Å². The molecule has 11 heteroatoms. The molecule has 4 rings (SSSR count). The Morgan fingerprint density at radius 1 is 1.06 bits per heavy atom. The van der Waals surface area contributed by atoms with Crippen molar-refractivity contribution in [3.8, 4) is 11.1 Å². The molecule has 0 radical (unpaired) electrons. The topological polar surface area (TPSA) is 80.8 Å². The van der Waals surface area contributed by atoms with E-state index in [1.165, 1.54) is 0 Å². The Bertz CT molecular complexity index is 1170. The number of piperazine rings is 1. The Morgan fingerprint density at radius 3 is 2.27 bits per heavy atom. The van der Waals surface area contributed by atoms with Crippen molar-refractivity contribution in [3.05, 3.63) is 51.9 Å². The lowest BCUT2D eigenvalue weighted by Crippen LogP contribution is -2.44. The van der Waals surface area contributed by atoms with Gasteiger partial charge in [0.15, 0.2) is 0 Å². The van der Waals surface area contributed by atoms with Crippen LogP contribution in [0.15, 0.2) is 46.8 Å². The first-order valence-corrected chi connectivity index (χ1v) is 12.9. The molecule has 0 spiro atoms. The van der Waals surface area contributed by atoms with Gasteiger partial charge in [-0.15, -0.1) is 0 Å². The Labute approximate surface area is 205 Å². The molecule has 2 aromatic rings. The molecule has 1 aromatic heterocycles. The smallest absolute Gasteiger partial charge is 0.264 e. The normalized spacial score (nSPS) is 20.0. The van der Waals surface area contributed by atoms with Crippen LogP contribution in [-0.4, -0.2) is 69.6 Å². The lowest BCUT2D eigenvalue weighted by atomic mass is 10.1.